The summed E-state index contributed by atoms with van der Waals surface area (Å²) in [6.07, 6.45) is 25.1. The summed E-state index contributed by atoms with van der Waals surface area (Å²) < 4.78 is 37.4. The first kappa shape index (κ1) is 41.5. The van der Waals surface area contributed by atoms with Crippen molar-refractivity contribution in [1.82, 2.24) is 19.5 Å². The van der Waals surface area contributed by atoms with Gasteiger partial charge in [0.25, 0.3) is 0 Å². The van der Waals surface area contributed by atoms with Gasteiger partial charge in [-0.15, -0.1) is 6.42 Å². The van der Waals surface area contributed by atoms with E-state index in [0.29, 0.717) is 17.7 Å². The number of aliphatic hydroxyl groups is 1. The van der Waals surface area contributed by atoms with Crippen molar-refractivity contribution in [1.29, 1.82) is 0 Å². The molecule has 0 bridgehead atoms. The Morgan fingerprint density at radius 1 is 0.962 bits per heavy atom. The lowest BCUT2D eigenvalue weighted by Gasteiger charge is -2.26. The quantitative estimate of drug-likeness (QED) is 0.0298. The second kappa shape index (κ2) is 22.1. The van der Waals surface area contributed by atoms with Crippen LogP contribution in [-0.2, 0) is 25.6 Å². The summed E-state index contributed by atoms with van der Waals surface area (Å²) in [7, 11) is 0. The molecule has 3 aromatic rings. The highest BCUT2D eigenvalue weighted by Gasteiger charge is 2.51. The highest BCUT2D eigenvalue weighted by Crippen LogP contribution is 2.40. The van der Waals surface area contributed by atoms with Gasteiger partial charge in [-0.1, -0.05) is 128 Å². The second-order valence-electron chi connectivity index (χ2n) is 13.9. The molecule has 0 amide bonds. The third-order valence-corrected chi connectivity index (χ3v) is 9.73. The number of halogens is 1. The molecule has 4 rings (SSSR count). The first-order chi connectivity index (χ1) is 25.8. The fourth-order valence-electron chi connectivity index (χ4n) is 6.61. The van der Waals surface area contributed by atoms with Crippen LogP contribution in [0.5, 0.6) is 5.75 Å². The Labute approximate surface area is 312 Å². The van der Waals surface area contributed by atoms with E-state index in [4.69, 9.17) is 31.1 Å². The molecule has 1 fully saturated rings. The molecule has 3 atom stereocenters. The molecule has 3 heterocycles. The van der Waals surface area contributed by atoms with Gasteiger partial charge in [0.1, 0.15) is 18.6 Å². The summed E-state index contributed by atoms with van der Waals surface area (Å²) in [5, 5.41) is 10.1. The molecule has 0 spiro atoms. The molecule has 0 aliphatic carbocycles. The van der Waals surface area contributed by atoms with E-state index in [2.05, 4.69) is 27.8 Å². The van der Waals surface area contributed by atoms with Crippen LogP contribution in [0.2, 0.25) is 0 Å². The molecule has 1 aliphatic heterocycles. The number of carbonyl (C=O) groups excluding carboxylic acids is 2. The number of aromatic nitrogens is 4. The molecule has 1 saturated heterocycles. The van der Waals surface area contributed by atoms with Crippen LogP contribution in [0.15, 0.2) is 30.6 Å². The van der Waals surface area contributed by atoms with Crippen molar-refractivity contribution in [3.05, 3.63) is 42.2 Å². The van der Waals surface area contributed by atoms with E-state index in [0.717, 1.165) is 19.3 Å². The van der Waals surface area contributed by atoms with Gasteiger partial charge in [0.05, 0.1) is 12.9 Å². The maximum Gasteiger partial charge on any atom is 0.509 e. The van der Waals surface area contributed by atoms with Gasteiger partial charge in [0.15, 0.2) is 28.7 Å². The molecule has 1 aliphatic rings. The van der Waals surface area contributed by atoms with Gasteiger partial charge in [-0.25, -0.2) is 9.78 Å². The molecular weight excluding hydrogens is 681 g/mol. The normalized spacial score (nSPS) is 18.2. The summed E-state index contributed by atoms with van der Waals surface area (Å²) >= 11 is 0. The van der Waals surface area contributed by atoms with Gasteiger partial charge in [-0.2, -0.15) is 14.4 Å². The highest BCUT2D eigenvalue weighted by molar-refractivity contribution is 5.81. The van der Waals surface area contributed by atoms with Crippen molar-refractivity contribution in [2.45, 2.75) is 153 Å². The first-order valence-electron chi connectivity index (χ1n) is 19.3. The molecular formula is C40H56FN5O7. The monoisotopic (exact) mass is 737 g/mol. The number of rotatable bonds is 24. The Bertz CT molecular complexity index is 1610. The predicted molar refractivity (Wildman–Crippen MR) is 199 cm³/mol. The smallest absolute Gasteiger partial charge is 0.429 e. The zero-order valence-electron chi connectivity index (χ0n) is 31.1. The van der Waals surface area contributed by atoms with Crippen LogP contribution in [-0.4, -0.2) is 55.1 Å². The lowest BCUT2D eigenvalue weighted by atomic mass is 9.99. The molecule has 0 saturated carbocycles. The van der Waals surface area contributed by atoms with Crippen molar-refractivity contribution in [2.24, 2.45) is 0 Å². The van der Waals surface area contributed by atoms with Crippen molar-refractivity contribution < 1.29 is 38.0 Å². The lowest BCUT2D eigenvalue weighted by molar-refractivity contribution is -0.134. The Hall–Kier alpha value is -4.28. The van der Waals surface area contributed by atoms with Crippen LogP contribution in [0, 0.1) is 18.4 Å². The number of nitrogens with zero attached hydrogens (tertiary/aromatic N) is 4. The van der Waals surface area contributed by atoms with Crippen LogP contribution < -0.4 is 10.5 Å². The Kier molecular flexibility index (Phi) is 17.3. The minimum atomic E-state index is -1.70. The Morgan fingerprint density at radius 2 is 1.55 bits per heavy atom. The Balaban J connectivity index is 1.07. The SMILES string of the molecule is C#C[C@]1(CO)O[C@@H](n2cnc3c(N)nc(F)nc32)C[C@@H]1OC(=O)OCc1ccc(OC(=O)CCCCCCCCCCCCCCCCCCC)cc1. The zero-order chi connectivity index (χ0) is 37.9. The topological polar surface area (TPSA) is 161 Å². The fourth-order valence-corrected chi connectivity index (χ4v) is 6.61. The summed E-state index contributed by atoms with van der Waals surface area (Å²) in [4.78, 5) is 36.3. The predicted octanol–water partition coefficient (Wildman–Crippen LogP) is 8.50. The number of hydrogen-bond donors (Lipinski definition) is 2. The van der Waals surface area contributed by atoms with E-state index in [-0.39, 0.29) is 36.0 Å². The number of esters is 1. The molecule has 1 aromatic carbocycles. The minimum Gasteiger partial charge on any atom is -0.429 e. The van der Waals surface area contributed by atoms with Crippen LogP contribution in [0.3, 0.4) is 0 Å². The van der Waals surface area contributed by atoms with E-state index in [1.165, 1.54) is 101 Å². The number of aliphatic hydroxyl groups excluding tert-OH is 1. The number of carbonyl (C=O) groups is 2. The van der Waals surface area contributed by atoms with E-state index in [9.17, 15) is 19.1 Å². The number of imidazole rings is 1. The van der Waals surface area contributed by atoms with Crippen molar-refractivity contribution in [2.75, 3.05) is 12.3 Å². The number of benzene rings is 1. The molecule has 53 heavy (non-hydrogen) atoms. The van der Waals surface area contributed by atoms with Gasteiger partial charge in [0, 0.05) is 12.8 Å². The number of hydrogen-bond acceptors (Lipinski definition) is 11. The van der Waals surface area contributed by atoms with Crippen molar-refractivity contribution in [3.8, 4) is 18.1 Å². The fraction of sp³-hybridized carbons (Fsp3) is 0.625. The summed E-state index contributed by atoms with van der Waals surface area (Å²) in [6, 6.07) is 6.62. The van der Waals surface area contributed by atoms with Crippen LogP contribution in [0.25, 0.3) is 11.2 Å². The number of unbranched alkanes of at least 4 members (excludes halogenated alkanes) is 16. The highest BCUT2D eigenvalue weighted by atomic mass is 19.1. The number of nitrogens with two attached hydrogens (primary N) is 1. The molecule has 290 valence electrons. The summed E-state index contributed by atoms with van der Waals surface area (Å²) in [6.45, 7) is 1.46. The first-order valence-corrected chi connectivity index (χ1v) is 19.3. The van der Waals surface area contributed by atoms with Gasteiger partial charge in [-0.3, -0.25) is 9.36 Å². The Morgan fingerprint density at radius 3 is 2.11 bits per heavy atom. The molecule has 3 N–H and O–H groups in total. The number of ether oxygens (including phenoxy) is 4. The number of anilines is 1. The maximum absolute atomic E-state index is 13.9. The molecule has 2 aromatic heterocycles. The van der Waals surface area contributed by atoms with E-state index in [1.54, 1.807) is 24.3 Å². The molecule has 0 unspecified atom stereocenters. The third kappa shape index (κ3) is 13.0. The van der Waals surface area contributed by atoms with Gasteiger partial charge in [-0.05, 0) is 24.1 Å². The number of nitrogen functional groups attached to an aromatic ring is 1. The van der Waals surface area contributed by atoms with Crippen LogP contribution in [0.1, 0.15) is 141 Å². The largest absolute Gasteiger partial charge is 0.509 e. The van der Waals surface area contributed by atoms with Crippen LogP contribution >= 0.6 is 0 Å². The zero-order valence-corrected chi connectivity index (χ0v) is 31.1. The van der Waals surface area contributed by atoms with Gasteiger partial charge >= 0.3 is 18.2 Å². The van der Waals surface area contributed by atoms with E-state index < -0.39 is 36.8 Å². The van der Waals surface area contributed by atoms with E-state index in [1.807, 2.05) is 0 Å². The van der Waals surface area contributed by atoms with E-state index >= 15 is 0 Å². The third-order valence-electron chi connectivity index (χ3n) is 9.73. The summed E-state index contributed by atoms with van der Waals surface area (Å²) in [5.74, 6) is 2.34. The average Bonchev–Trinajstić information content (AvgIpc) is 3.74. The summed E-state index contributed by atoms with van der Waals surface area (Å²) in [5.41, 5.74) is 4.89. The van der Waals surface area contributed by atoms with Crippen LogP contribution in [0.4, 0.5) is 15.0 Å². The number of terminal acetylenes is 1. The minimum absolute atomic E-state index is 0.0175. The standard InChI is InChI=1S/C40H56FN5O7/c1-3-5-6-7-8-9-10-11-12-13-14-15-16-17-18-19-20-21-34(48)51-31-24-22-30(23-25-31)27-50-39(49)52-32-26-33(53-40(32,4-2)28-47)46-29-43-35-36(42)44-38(41)45-37(35)46/h2,22-25,29,32-33,47H,3,5-21,26-28H2,1H3,(H2,42,44,45)/t32-,33+,40+/m0/s1. The average molecular weight is 738 g/mol. The van der Waals surface area contributed by atoms with Crippen molar-refractivity contribution >= 4 is 29.1 Å². The number of fused-ring (bicyclic) bond motifs is 1. The lowest BCUT2D eigenvalue weighted by Crippen LogP contribution is -2.44. The second-order valence-corrected chi connectivity index (χ2v) is 13.9. The van der Waals surface area contributed by atoms with Gasteiger partial charge in [0.2, 0.25) is 0 Å². The molecule has 13 heteroatoms. The van der Waals surface area contributed by atoms with Gasteiger partial charge < -0.3 is 29.8 Å². The van der Waals surface area contributed by atoms with Crippen molar-refractivity contribution in [3.63, 3.8) is 0 Å². The molecule has 12 nitrogen and oxygen atoms in total. The maximum atomic E-state index is 13.9. The molecule has 0 radical (unpaired) electrons.